The van der Waals surface area contributed by atoms with Crippen molar-refractivity contribution in [1.82, 2.24) is 0 Å². The van der Waals surface area contributed by atoms with Gasteiger partial charge in [-0.25, -0.2) is 0 Å². The van der Waals surface area contributed by atoms with Crippen LogP contribution >= 0.6 is 0 Å². The topological polar surface area (TPSA) is 69.7 Å². The molecule has 348 valence electrons. The minimum absolute atomic E-state index is 0.120. The fraction of sp³-hybridized carbons (Fsp3) is 0.246. The van der Waals surface area contributed by atoms with Crippen molar-refractivity contribution in [3.63, 3.8) is 0 Å². The van der Waals surface area contributed by atoms with E-state index in [0.717, 1.165) is 125 Å². The molecule has 0 radical (unpaired) electrons. The van der Waals surface area contributed by atoms with E-state index in [2.05, 4.69) is 192 Å². The van der Waals surface area contributed by atoms with Crippen LogP contribution in [0.1, 0.15) is 71.1 Å². The summed E-state index contributed by atoms with van der Waals surface area (Å²) in [5.74, 6) is 4.43. The van der Waals surface area contributed by atoms with E-state index in [9.17, 15) is 0 Å². The number of benzene rings is 7. The van der Waals surface area contributed by atoms with Crippen LogP contribution in [-0.4, -0.2) is 33.1 Å². The van der Waals surface area contributed by atoms with Gasteiger partial charge in [0.2, 0.25) is 11.8 Å². The van der Waals surface area contributed by atoms with Crippen LogP contribution < -0.4 is 45.1 Å². The van der Waals surface area contributed by atoms with Gasteiger partial charge in [0.1, 0.15) is 11.2 Å². The minimum atomic E-state index is -0.294. The molecule has 0 saturated carbocycles. The fourth-order valence-electron chi connectivity index (χ4n) is 11.1. The molecule has 4 aliphatic rings. The number of furan rings is 2. The van der Waals surface area contributed by atoms with E-state index >= 15 is 0 Å². The lowest BCUT2D eigenvalue weighted by molar-refractivity contribution is 0.296. The molecular formula is C61H55BN2O6. The molecule has 7 aromatic carbocycles. The first-order chi connectivity index (χ1) is 33.9. The Morgan fingerprint density at radius 1 is 0.429 bits per heavy atom. The molecule has 4 aliphatic heterocycles. The first kappa shape index (κ1) is 42.6. The Kier molecular flexibility index (Phi) is 9.58. The zero-order valence-corrected chi connectivity index (χ0v) is 40.9. The summed E-state index contributed by atoms with van der Waals surface area (Å²) in [6, 6.07) is 48.0. The van der Waals surface area contributed by atoms with Gasteiger partial charge in [-0.15, -0.1) is 0 Å². The average molecular weight is 923 g/mol. The molecule has 6 heterocycles. The predicted molar refractivity (Wildman–Crippen MR) is 284 cm³/mol. The number of hydrogen-bond donors (Lipinski definition) is 0. The Morgan fingerprint density at radius 2 is 0.829 bits per heavy atom. The molecule has 0 aliphatic carbocycles. The number of nitrogens with zero attached hydrogens (tertiary/aromatic N) is 2. The van der Waals surface area contributed by atoms with Crippen molar-refractivity contribution in [3.8, 4) is 45.3 Å². The van der Waals surface area contributed by atoms with Gasteiger partial charge in [-0.2, -0.15) is 0 Å². The third kappa shape index (κ3) is 6.72. The number of fused-ring (bicyclic) bond motifs is 10. The van der Waals surface area contributed by atoms with E-state index in [4.69, 9.17) is 27.8 Å². The molecule has 0 saturated heterocycles. The lowest BCUT2D eigenvalue weighted by Crippen LogP contribution is -2.61. The summed E-state index contributed by atoms with van der Waals surface area (Å²) < 4.78 is 40.7. The van der Waals surface area contributed by atoms with Crippen LogP contribution in [0.4, 0.5) is 34.5 Å². The molecule has 8 nitrogen and oxygen atoms in total. The van der Waals surface area contributed by atoms with Gasteiger partial charge in [-0.1, -0.05) is 114 Å². The normalized spacial score (nSPS) is 15.1. The molecule has 0 atom stereocenters. The van der Waals surface area contributed by atoms with Crippen molar-refractivity contribution in [2.75, 3.05) is 36.2 Å². The van der Waals surface area contributed by atoms with E-state index < -0.39 is 0 Å². The van der Waals surface area contributed by atoms with E-state index in [1.165, 1.54) is 11.1 Å². The molecule has 9 heteroatoms. The lowest BCUT2D eigenvalue weighted by Gasteiger charge is -2.41. The van der Waals surface area contributed by atoms with Gasteiger partial charge in [0.15, 0.2) is 23.0 Å². The maximum Gasteiger partial charge on any atom is 0.262 e. The maximum atomic E-state index is 7.40. The number of aryl methyl sites for hydroxylation is 1. The van der Waals surface area contributed by atoms with Crippen molar-refractivity contribution in [1.29, 1.82) is 0 Å². The SMILES string of the molecule is Cc1cc2c3c(c1)N(c1cc4c(cc1-c1ccccc1)OCCCO4)c1oc4ccc(C(C)(C)C)cc4c1B3c1c(oc3ccc(C(C)(C)C)cc13)N2c1cc2c(cc1-c1ccccc1)OCCCO2. The van der Waals surface area contributed by atoms with Crippen LogP contribution in [0, 0.1) is 6.92 Å². The predicted octanol–water partition coefficient (Wildman–Crippen LogP) is 13.8. The largest absolute Gasteiger partial charge is 0.490 e. The number of ether oxygens (including phenoxy) is 4. The molecule has 0 fully saturated rings. The number of hydrogen-bond acceptors (Lipinski definition) is 8. The van der Waals surface area contributed by atoms with Gasteiger partial charge in [-0.3, -0.25) is 9.80 Å². The van der Waals surface area contributed by atoms with Crippen LogP contribution in [0.3, 0.4) is 0 Å². The molecule has 0 N–H and O–H groups in total. The summed E-state index contributed by atoms with van der Waals surface area (Å²) in [5.41, 5.74) is 16.3. The van der Waals surface area contributed by atoms with Gasteiger partial charge >= 0.3 is 0 Å². The second kappa shape index (κ2) is 15.8. The van der Waals surface area contributed by atoms with E-state index in [0.29, 0.717) is 37.9 Å². The van der Waals surface area contributed by atoms with Gasteiger partial charge in [-0.05, 0) is 99.6 Å². The molecule has 0 bridgehead atoms. The van der Waals surface area contributed by atoms with E-state index in [-0.39, 0.29) is 17.5 Å². The number of rotatable bonds is 4. The smallest absolute Gasteiger partial charge is 0.262 e. The van der Waals surface area contributed by atoms with Crippen molar-refractivity contribution in [2.45, 2.75) is 72.1 Å². The first-order valence-electron chi connectivity index (χ1n) is 24.8. The van der Waals surface area contributed by atoms with E-state index in [1.54, 1.807) is 0 Å². The highest BCUT2D eigenvalue weighted by molar-refractivity contribution is 7.02. The molecule has 0 unspecified atom stereocenters. The monoisotopic (exact) mass is 922 g/mol. The lowest BCUT2D eigenvalue weighted by atomic mass is 9.33. The summed E-state index contributed by atoms with van der Waals surface area (Å²) in [7, 11) is 0. The standard InChI is InChI=1S/C61H55BN2O6/c1-36-28-47-57-48(29-36)64(46-35-54-52(66-25-15-27-68-54)33-42(46)38-18-12-9-13-19-38)59-56(44-31-40(61(5,6)7)21-23-50(44)70-59)62(57)55-43-30-39(60(2,3)4)20-22-49(43)69-58(55)63(47)45-34-53-51(65-24-14-26-67-53)32-41(45)37-16-10-8-11-17-37/h8-13,16-23,28-35H,14-15,24-27H2,1-7H3. The number of anilines is 6. The fourth-order valence-corrected chi connectivity index (χ4v) is 11.1. The van der Waals surface area contributed by atoms with Crippen molar-refractivity contribution < 1.29 is 27.8 Å². The molecule has 0 spiro atoms. The first-order valence-corrected chi connectivity index (χ1v) is 24.8. The van der Waals surface area contributed by atoms with Crippen molar-refractivity contribution in [3.05, 3.63) is 150 Å². The van der Waals surface area contributed by atoms with Crippen LogP contribution in [-0.2, 0) is 10.8 Å². The third-order valence-electron chi connectivity index (χ3n) is 14.6. The Morgan fingerprint density at radius 3 is 1.23 bits per heavy atom. The summed E-state index contributed by atoms with van der Waals surface area (Å²) in [5, 5.41) is 2.15. The minimum Gasteiger partial charge on any atom is -0.490 e. The molecule has 9 aromatic rings. The van der Waals surface area contributed by atoms with Crippen LogP contribution in [0.25, 0.3) is 44.2 Å². The van der Waals surface area contributed by atoms with E-state index in [1.807, 2.05) is 0 Å². The molecule has 2 aromatic heterocycles. The average Bonchev–Trinajstić information content (AvgIpc) is 3.70. The van der Waals surface area contributed by atoms with Gasteiger partial charge in [0.25, 0.3) is 6.71 Å². The van der Waals surface area contributed by atoms with Gasteiger partial charge in [0, 0.05) is 69.2 Å². The van der Waals surface area contributed by atoms with Crippen molar-refractivity contribution in [2.24, 2.45) is 0 Å². The Bertz CT molecular complexity index is 3330. The molecule has 70 heavy (non-hydrogen) atoms. The molecular weight excluding hydrogens is 867 g/mol. The Hall–Kier alpha value is -7.52. The Labute approximate surface area is 409 Å². The van der Waals surface area contributed by atoms with Gasteiger partial charge in [0.05, 0.1) is 37.8 Å². The summed E-state index contributed by atoms with van der Waals surface area (Å²) in [6.07, 6.45) is 1.59. The molecule has 13 rings (SSSR count). The van der Waals surface area contributed by atoms with Gasteiger partial charge < -0.3 is 27.8 Å². The highest BCUT2D eigenvalue weighted by Gasteiger charge is 2.50. The highest BCUT2D eigenvalue weighted by Crippen LogP contribution is 2.54. The second-order valence-electron chi connectivity index (χ2n) is 21.3. The third-order valence-corrected chi connectivity index (χ3v) is 14.6. The van der Waals surface area contributed by atoms with Crippen LogP contribution in [0.5, 0.6) is 23.0 Å². The zero-order valence-electron chi connectivity index (χ0n) is 40.9. The molecule has 0 amide bonds. The van der Waals surface area contributed by atoms with Crippen molar-refractivity contribution >= 4 is 79.6 Å². The van der Waals surface area contributed by atoms with Crippen LogP contribution in [0.2, 0.25) is 0 Å². The summed E-state index contributed by atoms with van der Waals surface area (Å²) in [4.78, 5) is 4.73. The summed E-state index contributed by atoms with van der Waals surface area (Å²) >= 11 is 0. The quantitative estimate of drug-likeness (QED) is 0.162. The Balaban J connectivity index is 1.19. The maximum absolute atomic E-state index is 7.40. The highest BCUT2D eigenvalue weighted by atomic mass is 16.5. The second-order valence-corrected chi connectivity index (χ2v) is 21.3. The zero-order chi connectivity index (χ0) is 47.6. The summed E-state index contributed by atoms with van der Waals surface area (Å²) in [6.45, 7) is 17.9. The van der Waals surface area contributed by atoms with Crippen LogP contribution in [0.15, 0.2) is 142 Å².